The summed E-state index contributed by atoms with van der Waals surface area (Å²) in [6, 6.07) is 13.7. The Labute approximate surface area is 166 Å². The van der Waals surface area contributed by atoms with Crippen LogP contribution in [0.1, 0.15) is 60.8 Å². The van der Waals surface area contributed by atoms with Crippen LogP contribution in [0.5, 0.6) is 0 Å². The molecule has 0 spiro atoms. The van der Waals surface area contributed by atoms with Crippen LogP contribution in [-0.4, -0.2) is 33.9 Å². The third kappa shape index (κ3) is 3.94. The first-order valence-electron chi connectivity index (χ1n) is 10.3. The van der Waals surface area contributed by atoms with Crippen LogP contribution in [0.4, 0.5) is 5.69 Å². The molecule has 1 aliphatic carbocycles. The maximum Gasteiger partial charge on any atom is 0.255 e. The van der Waals surface area contributed by atoms with E-state index in [1.807, 2.05) is 42.5 Å². The molecule has 2 aromatic carbocycles. The molecule has 1 heterocycles. The molecule has 4 rings (SSSR count). The standard InChI is InChI=1S/C23H28N4O/c1-3-27(4-2)15-16-8-10-18(11-9-16)23(28)24-19-12-13-20-21(14-19)26-22(25-20)17-6-5-7-17/h8-14,17H,3-7,15H2,1-2H3,(H,24,28)(H,25,26). The molecular weight excluding hydrogens is 348 g/mol. The number of rotatable bonds is 7. The number of benzene rings is 2. The van der Waals surface area contributed by atoms with E-state index in [1.54, 1.807) is 0 Å². The minimum atomic E-state index is -0.0903. The smallest absolute Gasteiger partial charge is 0.255 e. The number of carbonyl (C=O) groups is 1. The van der Waals surface area contributed by atoms with Crippen LogP contribution in [0.25, 0.3) is 11.0 Å². The lowest BCUT2D eigenvalue weighted by Gasteiger charge is -2.22. The maximum atomic E-state index is 12.6. The first-order valence-corrected chi connectivity index (χ1v) is 10.3. The quantitative estimate of drug-likeness (QED) is 0.615. The van der Waals surface area contributed by atoms with Crippen LogP contribution in [0.15, 0.2) is 42.5 Å². The van der Waals surface area contributed by atoms with Gasteiger partial charge in [0.15, 0.2) is 0 Å². The van der Waals surface area contributed by atoms with Gasteiger partial charge in [0.2, 0.25) is 0 Å². The second-order valence-electron chi connectivity index (χ2n) is 7.59. The van der Waals surface area contributed by atoms with Crippen molar-refractivity contribution in [1.29, 1.82) is 0 Å². The Bertz CT molecular complexity index is 952. The van der Waals surface area contributed by atoms with Crippen molar-refractivity contribution >= 4 is 22.6 Å². The molecule has 0 unspecified atom stereocenters. The largest absolute Gasteiger partial charge is 0.342 e. The van der Waals surface area contributed by atoms with Gasteiger partial charge < -0.3 is 10.3 Å². The van der Waals surface area contributed by atoms with E-state index in [4.69, 9.17) is 0 Å². The number of imidazole rings is 1. The van der Waals surface area contributed by atoms with Gasteiger partial charge in [0.05, 0.1) is 11.0 Å². The summed E-state index contributed by atoms with van der Waals surface area (Å²) in [5, 5.41) is 3.00. The molecule has 0 radical (unpaired) electrons. The van der Waals surface area contributed by atoms with Gasteiger partial charge in [-0.25, -0.2) is 4.98 Å². The van der Waals surface area contributed by atoms with Gasteiger partial charge >= 0.3 is 0 Å². The summed E-state index contributed by atoms with van der Waals surface area (Å²) in [6.45, 7) is 7.29. The summed E-state index contributed by atoms with van der Waals surface area (Å²) in [6.07, 6.45) is 3.72. The zero-order valence-corrected chi connectivity index (χ0v) is 16.7. The average Bonchev–Trinajstić information content (AvgIpc) is 3.07. The van der Waals surface area contributed by atoms with E-state index in [0.717, 1.165) is 42.2 Å². The third-order valence-electron chi connectivity index (χ3n) is 5.77. The first kappa shape index (κ1) is 18.7. The molecule has 0 saturated heterocycles. The summed E-state index contributed by atoms with van der Waals surface area (Å²) in [4.78, 5) is 23.1. The lowest BCUT2D eigenvalue weighted by Crippen LogP contribution is -2.22. The Morgan fingerprint density at radius 1 is 1.14 bits per heavy atom. The van der Waals surface area contributed by atoms with Gasteiger partial charge in [-0.15, -0.1) is 0 Å². The summed E-state index contributed by atoms with van der Waals surface area (Å²) in [5.41, 5.74) is 4.62. The van der Waals surface area contributed by atoms with Crippen molar-refractivity contribution in [2.75, 3.05) is 18.4 Å². The Hall–Kier alpha value is -2.66. The monoisotopic (exact) mass is 376 g/mol. The molecule has 0 aliphatic heterocycles. The van der Waals surface area contributed by atoms with Crippen molar-refractivity contribution in [2.24, 2.45) is 0 Å². The van der Waals surface area contributed by atoms with Crippen LogP contribution in [0.2, 0.25) is 0 Å². The lowest BCUT2D eigenvalue weighted by atomic mass is 9.85. The van der Waals surface area contributed by atoms with Crippen molar-refractivity contribution in [1.82, 2.24) is 14.9 Å². The fourth-order valence-corrected chi connectivity index (χ4v) is 3.65. The van der Waals surface area contributed by atoms with Crippen molar-refractivity contribution in [3.8, 4) is 0 Å². The number of carbonyl (C=O) groups excluding carboxylic acids is 1. The maximum absolute atomic E-state index is 12.6. The lowest BCUT2D eigenvalue weighted by molar-refractivity contribution is 0.102. The van der Waals surface area contributed by atoms with Crippen LogP contribution < -0.4 is 5.32 Å². The van der Waals surface area contributed by atoms with Gasteiger partial charge in [0.1, 0.15) is 5.82 Å². The number of aromatic nitrogens is 2. The number of fused-ring (bicyclic) bond motifs is 1. The van der Waals surface area contributed by atoms with Gasteiger partial charge in [-0.2, -0.15) is 0 Å². The Morgan fingerprint density at radius 3 is 2.54 bits per heavy atom. The highest BCUT2D eigenvalue weighted by atomic mass is 16.1. The number of H-pyrrole nitrogens is 1. The van der Waals surface area contributed by atoms with Crippen LogP contribution in [-0.2, 0) is 6.54 Å². The van der Waals surface area contributed by atoms with Crippen molar-refractivity contribution in [2.45, 2.75) is 45.6 Å². The molecule has 5 nitrogen and oxygen atoms in total. The molecule has 1 aromatic heterocycles. The third-order valence-corrected chi connectivity index (χ3v) is 5.77. The first-order chi connectivity index (χ1) is 13.7. The van der Waals surface area contributed by atoms with E-state index >= 15 is 0 Å². The number of amides is 1. The molecule has 1 aliphatic rings. The fraction of sp³-hybridized carbons (Fsp3) is 0.391. The van der Waals surface area contributed by atoms with Crippen molar-refractivity contribution in [3.63, 3.8) is 0 Å². The van der Waals surface area contributed by atoms with E-state index < -0.39 is 0 Å². The van der Waals surface area contributed by atoms with Crippen LogP contribution in [0.3, 0.4) is 0 Å². The minimum Gasteiger partial charge on any atom is -0.342 e. The molecule has 1 saturated carbocycles. The molecule has 146 valence electrons. The van der Waals surface area contributed by atoms with E-state index in [1.165, 1.54) is 24.8 Å². The molecular formula is C23H28N4O. The number of aromatic amines is 1. The number of anilines is 1. The van der Waals surface area contributed by atoms with Gasteiger partial charge in [0.25, 0.3) is 5.91 Å². The molecule has 1 amide bonds. The SMILES string of the molecule is CCN(CC)Cc1ccc(C(=O)Nc2ccc3nc(C4CCC4)[nH]c3c2)cc1. The van der Waals surface area contributed by atoms with Crippen molar-refractivity contribution in [3.05, 3.63) is 59.4 Å². The van der Waals surface area contributed by atoms with Gasteiger partial charge in [-0.3, -0.25) is 9.69 Å². The van der Waals surface area contributed by atoms with Crippen molar-refractivity contribution < 1.29 is 4.79 Å². The van der Waals surface area contributed by atoms with Crippen LogP contribution >= 0.6 is 0 Å². The highest BCUT2D eigenvalue weighted by Crippen LogP contribution is 2.35. The Morgan fingerprint density at radius 2 is 1.89 bits per heavy atom. The molecule has 0 bridgehead atoms. The Kier molecular flexibility index (Phi) is 5.44. The second kappa shape index (κ2) is 8.15. The zero-order valence-electron chi connectivity index (χ0n) is 16.7. The number of nitrogens with one attached hydrogen (secondary N) is 2. The van der Waals surface area contributed by atoms with E-state index in [2.05, 4.69) is 34.0 Å². The number of hydrogen-bond acceptors (Lipinski definition) is 3. The predicted molar refractivity (Wildman–Crippen MR) is 114 cm³/mol. The van der Waals surface area contributed by atoms with E-state index in [9.17, 15) is 4.79 Å². The number of nitrogens with zero attached hydrogens (tertiary/aromatic N) is 2. The summed E-state index contributed by atoms with van der Waals surface area (Å²) in [5.74, 6) is 1.56. The fourth-order valence-electron chi connectivity index (χ4n) is 3.65. The highest BCUT2D eigenvalue weighted by molar-refractivity contribution is 6.05. The summed E-state index contributed by atoms with van der Waals surface area (Å²) < 4.78 is 0. The van der Waals surface area contributed by atoms with E-state index in [0.29, 0.717) is 11.5 Å². The molecule has 0 atom stereocenters. The van der Waals surface area contributed by atoms with Gasteiger partial charge in [0, 0.05) is 23.7 Å². The van der Waals surface area contributed by atoms with Gasteiger partial charge in [-0.1, -0.05) is 32.4 Å². The molecule has 1 fully saturated rings. The van der Waals surface area contributed by atoms with Crippen LogP contribution in [0, 0.1) is 0 Å². The Balaban J connectivity index is 1.43. The zero-order chi connectivity index (χ0) is 19.5. The topological polar surface area (TPSA) is 61.0 Å². The second-order valence-corrected chi connectivity index (χ2v) is 7.59. The molecule has 3 aromatic rings. The normalized spacial score (nSPS) is 14.4. The average molecular weight is 377 g/mol. The van der Waals surface area contributed by atoms with Gasteiger partial charge in [-0.05, 0) is 61.8 Å². The highest BCUT2D eigenvalue weighted by Gasteiger charge is 2.22. The molecule has 2 N–H and O–H groups in total. The predicted octanol–water partition coefficient (Wildman–Crippen LogP) is 4.92. The molecule has 28 heavy (non-hydrogen) atoms. The summed E-state index contributed by atoms with van der Waals surface area (Å²) >= 11 is 0. The number of hydrogen-bond donors (Lipinski definition) is 2. The van der Waals surface area contributed by atoms with E-state index in [-0.39, 0.29) is 5.91 Å². The minimum absolute atomic E-state index is 0.0903. The molecule has 5 heteroatoms. The summed E-state index contributed by atoms with van der Waals surface area (Å²) in [7, 11) is 0.